The van der Waals surface area contributed by atoms with Crippen LogP contribution in [0.1, 0.15) is 20.3 Å². The molecule has 1 aliphatic heterocycles. The van der Waals surface area contributed by atoms with Gasteiger partial charge in [-0.1, -0.05) is 0 Å². The monoisotopic (exact) mass is 301 g/mol. The number of methoxy groups -OCH3 is 1. The second-order valence-corrected chi connectivity index (χ2v) is 5.36. The van der Waals surface area contributed by atoms with Crippen molar-refractivity contribution in [2.24, 2.45) is 0 Å². The second-order valence-electron chi connectivity index (χ2n) is 5.36. The molecule has 0 aromatic heterocycles. The van der Waals surface area contributed by atoms with Gasteiger partial charge in [-0.15, -0.1) is 0 Å². The Kier molecular flexibility index (Phi) is 6.10. The quantitative estimate of drug-likeness (QED) is 0.570. The van der Waals surface area contributed by atoms with E-state index >= 15 is 0 Å². The standard InChI is InChI=1S/C13H23N3O5/c1-13(2)11(19)16(12(20)14-13)5-4-10(18)15(6-8-17)7-9-21-3/h17H,4-9H2,1-3H3,(H,14,20). The summed E-state index contributed by atoms with van der Waals surface area (Å²) in [5.41, 5.74) is -0.930. The zero-order valence-corrected chi connectivity index (χ0v) is 12.7. The van der Waals surface area contributed by atoms with Crippen LogP contribution in [0.3, 0.4) is 0 Å². The van der Waals surface area contributed by atoms with Gasteiger partial charge in [-0.3, -0.25) is 14.5 Å². The lowest BCUT2D eigenvalue weighted by atomic mass is 10.1. The number of ether oxygens (including phenoxy) is 1. The maximum absolute atomic E-state index is 12.1. The number of amides is 4. The molecule has 8 heteroatoms. The fourth-order valence-electron chi connectivity index (χ4n) is 2.07. The number of carbonyl (C=O) groups excluding carboxylic acids is 3. The highest BCUT2D eigenvalue weighted by Gasteiger charge is 2.44. The van der Waals surface area contributed by atoms with Crippen LogP contribution in [0, 0.1) is 0 Å². The first-order valence-corrected chi connectivity index (χ1v) is 6.85. The van der Waals surface area contributed by atoms with Gasteiger partial charge >= 0.3 is 6.03 Å². The molecule has 1 fully saturated rings. The molecule has 1 heterocycles. The Morgan fingerprint density at radius 2 is 2.05 bits per heavy atom. The zero-order valence-electron chi connectivity index (χ0n) is 12.7. The van der Waals surface area contributed by atoms with Crippen LogP contribution in [0.25, 0.3) is 0 Å². The predicted molar refractivity (Wildman–Crippen MR) is 74.5 cm³/mol. The van der Waals surface area contributed by atoms with E-state index in [9.17, 15) is 14.4 Å². The molecule has 21 heavy (non-hydrogen) atoms. The van der Waals surface area contributed by atoms with E-state index in [0.29, 0.717) is 13.2 Å². The SMILES string of the molecule is COCCN(CCO)C(=O)CCN1C(=O)NC(C)(C)C1=O. The van der Waals surface area contributed by atoms with Crippen LogP contribution in [-0.4, -0.2) is 78.2 Å². The van der Waals surface area contributed by atoms with Crippen LogP contribution in [0.5, 0.6) is 0 Å². The van der Waals surface area contributed by atoms with Gasteiger partial charge in [0.05, 0.1) is 13.2 Å². The minimum atomic E-state index is -0.930. The van der Waals surface area contributed by atoms with Gasteiger partial charge in [0.25, 0.3) is 5.91 Å². The number of hydrogen-bond acceptors (Lipinski definition) is 5. The van der Waals surface area contributed by atoms with Gasteiger partial charge in [-0.2, -0.15) is 0 Å². The molecule has 0 unspecified atom stereocenters. The maximum atomic E-state index is 12.1. The van der Waals surface area contributed by atoms with E-state index in [-0.39, 0.29) is 37.9 Å². The highest BCUT2D eigenvalue weighted by Crippen LogP contribution is 2.16. The molecule has 0 spiro atoms. The molecule has 0 atom stereocenters. The molecule has 0 aromatic carbocycles. The van der Waals surface area contributed by atoms with E-state index in [2.05, 4.69) is 5.32 Å². The van der Waals surface area contributed by atoms with Crippen LogP contribution < -0.4 is 5.32 Å². The van der Waals surface area contributed by atoms with E-state index in [1.165, 1.54) is 12.0 Å². The second kappa shape index (κ2) is 7.37. The fraction of sp³-hybridized carbons (Fsp3) is 0.769. The summed E-state index contributed by atoms with van der Waals surface area (Å²) >= 11 is 0. The zero-order chi connectivity index (χ0) is 16.0. The molecule has 1 aliphatic rings. The molecule has 120 valence electrons. The van der Waals surface area contributed by atoms with Crippen molar-refractivity contribution in [3.63, 3.8) is 0 Å². The smallest absolute Gasteiger partial charge is 0.325 e. The lowest BCUT2D eigenvalue weighted by molar-refractivity contribution is -0.134. The average Bonchev–Trinajstić information content (AvgIpc) is 2.61. The Balaban J connectivity index is 2.54. The molecule has 4 amide bonds. The highest BCUT2D eigenvalue weighted by molar-refractivity contribution is 6.06. The fourth-order valence-corrected chi connectivity index (χ4v) is 2.07. The van der Waals surface area contributed by atoms with E-state index < -0.39 is 11.6 Å². The number of nitrogens with one attached hydrogen (secondary N) is 1. The van der Waals surface area contributed by atoms with E-state index in [1.54, 1.807) is 13.8 Å². The molecular formula is C13H23N3O5. The molecule has 0 aliphatic carbocycles. The van der Waals surface area contributed by atoms with Gasteiger partial charge in [-0.05, 0) is 13.8 Å². The van der Waals surface area contributed by atoms with Crippen molar-refractivity contribution in [1.29, 1.82) is 0 Å². The van der Waals surface area contributed by atoms with Crippen LogP contribution in [-0.2, 0) is 14.3 Å². The molecule has 0 radical (unpaired) electrons. The molecular weight excluding hydrogens is 278 g/mol. The minimum Gasteiger partial charge on any atom is -0.395 e. The van der Waals surface area contributed by atoms with Crippen molar-refractivity contribution in [1.82, 2.24) is 15.1 Å². The average molecular weight is 301 g/mol. The topological polar surface area (TPSA) is 99.2 Å². The van der Waals surface area contributed by atoms with Gasteiger partial charge in [0.15, 0.2) is 0 Å². The minimum absolute atomic E-state index is 0.0267. The normalized spacial score (nSPS) is 17.0. The van der Waals surface area contributed by atoms with Crippen LogP contribution in [0.15, 0.2) is 0 Å². The third kappa shape index (κ3) is 4.40. The number of aliphatic hydroxyl groups is 1. The van der Waals surface area contributed by atoms with Crippen molar-refractivity contribution >= 4 is 17.8 Å². The number of imide groups is 1. The number of nitrogens with zero attached hydrogens (tertiary/aromatic N) is 2. The Morgan fingerprint density at radius 3 is 2.52 bits per heavy atom. The third-order valence-electron chi connectivity index (χ3n) is 3.28. The molecule has 8 nitrogen and oxygen atoms in total. The molecule has 1 saturated heterocycles. The Bertz CT molecular complexity index is 411. The van der Waals surface area contributed by atoms with Crippen molar-refractivity contribution in [2.45, 2.75) is 25.8 Å². The Hall–Kier alpha value is -1.67. The van der Waals surface area contributed by atoms with E-state index in [0.717, 1.165) is 4.90 Å². The van der Waals surface area contributed by atoms with Crippen molar-refractivity contribution in [3.8, 4) is 0 Å². The van der Waals surface area contributed by atoms with E-state index in [4.69, 9.17) is 9.84 Å². The maximum Gasteiger partial charge on any atom is 0.325 e. The molecule has 0 saturated carbocycles. The van der Waals surface area contributed by atoms with Crippen LogP contribution in [0.2, 0.25) is 0 Å². The predicted octanol–water partition coefficient (Wildman–Crippen LogP) is -0.826. The van der Waals surface area contributed by atoms with Crippen molar-refractivity contribution < 1.29 is 24.2 Å². The number of rotatable bonds is 8. The Labute approximate surface area is 124 Å². The lowest BCUT2D eigenvalue weighted by Gasteiger charge is -2.22. The summed E-state index contributed by atoms with van der Waals surface area (Å²) in [6.45, 7) is 4.04. The number of carbonyl (C=O) groups is 3. The highest BCUT2D eigenvalue weighted by atomic mass is 16.5. The van der Waals surface area contributed by atoms with Crippen LogP contribution in [0.4, 0.5) is 4.79 Å². The largest absolute Gasteiger partial charge is 0.395 e. The van der Waals surface area contributed by atoms with Crippen molar-refractivity contribution in [2.75, 3.05) is 40.0 Å². The van der Waals surface area contributed by atoms with Gasteiger partial charge < -0.3 is 20.1 Å². The van der Waals surface area contributed by atoms with Gasteiger partial charge in [-0.25, -0.2) is 4.79 Å². The summed E-state index contributed by atoms with van der Waals surface area (Å²) in [4.78, 5) is 38.2. The van der Waals surface area contributed by atoms with Gasteiger partial charge in [0.1, 0.15) is 5.54 Å². The third-order valence-corrected chi connectivity index (χ3v) is 3.28. The van der Waals surface area contributed by atoms with Crippen molar-refractivity contribution in [3.05, 3.63) is 0 Å². The molecule has 0 aromatic rings. The summed E-state index contributed by atoms with van der Waals surface area (Å²) in [7, 11) is 1.52. The summed E-state index contributed by atoms with van der Waals surface area (Å²) in [6, 6.07) is -0.483. The van der Waals surface area contributed by atoms with E-state index in [1.807, 2.05) is 0 Å². The first-order chi connectivity index (χ1) is 9.83. The number of hydrogen-bond donors (Lipinski definition) is 2. The molecule has 1 rings (SSSR count). The lowest BCUT2D eigenvalue weighted by Crippen LogP contribution is -2.41. The first kappa shape index (κ1) is 17.4. The number of urea groups is 1. The molecule has 2 N–H and O–H groups in total. The summed E-state index contributed by atoms with van der Waals surface area (Å²) < 4.78 is 4.90. The first-order valence-electron chi connectivity index (χ1n) is 6.85. The Morgan fingerprint density at radius 1 is 1.38 bits per heavy atom. The number of aliphatic hydroxyl groups excluding tert-OH is 1. The summed E-state index contributed by atoms with van der Waals surface area (Å²) in [5.74, 6) is -0.572. The summed E-state index contributed by atoms with van der Waals surface area (Å²) in [5, 5.41) is 11.5. The van der Waals surface area contributed by atoms with Gasteiger partial charge in [0.2, 0.25) is 5.91 Å². The van der Waals surface area contributed by atoms with Gasteiger partial charge in [0, 0.05) is 33.2 Å². The molecule has 0 bridgehead atoms. The van der Waals surface area contributed by atoms with Crippen LogP contribution >= 0.6 is 0 Å². The summed E-state index contributed by atoms with van der Waals surface area (Å²) in [6.07, 6.45) is 0.0267.